The molecular formula is C22H24N4O5. The molecule has 0 radical (unpaired) electrons. The normalized spacial score (nSPS) is 18.0. The largest absolute Gasteiger partial charge is 0.872 e. The highest BCUT2D eigenvalue weighted by Crippen LogP contribution is 2.39. The smallest absolute Gasteiger partial charge is 0.295 e. The summed E-state index contributed by atoms with van der Waals surface area (Å²) in [4.78, 5) is 43.0. The third kappa shape index (κ3) is 4.46. The van der Waals surface area contributed by atoms with Gasteiger partial charge < -0.3 is 14.9 Å². The standard InChI is InChI=1S/C22H24N4O5/c1-3-24(4-2)12-13-25-19(16-6-5-7-17(14-16)26(30)31)18(21(28)22(25)29)20(27)15-8-10-23-11-9-15/h5-11,14,19,27H,3-4,12-13H2,1-2H3/b20-18+. The average molecular weight is 424 g/mol. The van der Waals surface area contributed by atoms with Crippen molar-refractivity contribution in [1.29, 1.82) is 0 Å². The van der Waals surface area contributed by atoms with Crippen LogP contribution in [0.15, 0.2) is 54.4 Å². The summed E-state index contributed by atoms with van der Waals surface area (Å²) >= 11 is 0. The molecule has 9 heteroatoms. The number of pyridine rings is 1. The number of ketones is 1. The van der Waals surface area contributed by atoms with E-state index in [2.05, 4.69) is 4.98 Å². The molecule has 1 amide bonds. The Labute approximate surface area is 179 Å². The van der Waals surface area contributed by atoms with Gasteiger partial charge in [-0.2, -0.15) is 0 Å². The molecule has 1 N–H and O–H groups in total. The Balaban J connectivity index is 2.13. The van der Waals surface area contributed by atoms with Crippen LogP contribution in [0.3, 0.4) is 0 Å². The predicted octanol–water partition coefficient (Wildman–Crippen LogP) is 0.139. The van der Waals surface area contributed by atoms with Gasteiger partial charge in [-0.3, -0.25) is 24.7 Å². The molecule has 0 bridgehead atoms. The zero-order valence-electron chi connectivity index (χ0n) is 17.4. The molecule has 162 valence electrons. The van der Waals surface area contributed by atoms with Crippen LogP contribution in [-0.4, -0.2) is 52.7 Å². The van der Waals surface area contributed by atoms with Crippen LogP contribution in [0, 0.1) is 10.1 Å². The number of hydrogen-bond donors (Lipinski definition) is 1. The Bertz CT molecular complexity index is 1020. The van der Waals surface area contributed by atoms with E-state index in [0.717, 1.165) is 13.1 Å². The van der Waals surface area contributed by atoms with Gasteiger partial charge in [0.15, 0.2) is 0 Å². The summed E-state index contributed by atoms with van der Waals surface area (Å²) in [7, 11) is 0. The SMILES string of the molecule is CC[NH+](CC)CCN1C(=O)C(=O)/C(=C(/[O-])c2ccncc2)C1c1cccc([N+](=O)[O-])c1. The van der Waals surface area contributed by atoms with E-state index in [1.54, 1.807) is 6.07 Å². The van der Waals surface area contributed by atoms with Gasteiger partial charge in [0.05, 0.1) is 37.1 Å². The second-order valence-electron chi connectivity index (χ2n) is 7.27. The molecule has 1 aliphatic heterocycles. The highest BCUT2D eigenvalue weighted by Gasteiger charge is 2.44. The van der Waals surface area contributed by atoms with Crippen LogP contribution in [-0.2, 0) is 9.59 Å². The van der Waals surface area contributed by atoms with Crippen LogP contribution >= 0.6 is 0 Å². The number of likely N-dealkylation sites (N-methyl/N-ethyl adjacent to an activating group) is 1. The quantitative estimate of drug-likeness (QED) is 0.212. The summed E-state index contributed by atoms with van der Waals surface area (Å²) in [6.07, 6.45) is 2.86. The van der Waals surface area contributed by atoms with Crippen LogP contribution in [0.25, 0.3) is 5.76 Å². The van der Waals surface area contributed by atoms with Gasteiger partial charge in [0.2, 0.25) is 5.78 Å². The van der Waals surface area contributed by atoms with E-state index < -0.39 is 28.4 Å². The molecule has 3 rings (SSSR count). The van der Waals surface area contributed by atoms with E-state index in [4.69, 9.17) is 0 Å². The summed E-state index contributed by atoms with van der Waals surface area (Å²) in [5.41, 5.74) is 0.235. The molecule has 1 aromatic carbocycles. The number of non-ortho nitro benzene ring substituents is 1. The lowest BCUT2D eigenvalue weighted by molar-refractivity contribution is -0.895. The van der Waals surface area contributed by atoms with Gasteiger partial charge in [-0.05, 0) is 37.1 Å². The number of quaternary nitrogens is 1. The number of nitrogens with zero attached hydrogens (tertiary/aromatic N) is 3. The number of nitro benzene ring substituents is 1. The summed E-state index contributed by atoms with van der Waals surface area (Å²) < 4.78 is 0. The zero-order chi connectivity index (χ0) is 22.5. The van der Waals surface area contributed by atoms with Crippen molar-refractivity contribution in [2.75, 3.05) is 26.2 Å². The number of carbonyl (C=O) groups excluding carboxylic acids is 2. The van der Waals surface area contributed by atoms with Crippen LogP contribution in [0.1, 0.15) is 31.0 Å². The zero-order valence-corrected chi connectivity index (χ0v) is 17.4. The van der Waals surface area contributed by atoms with Crippen LogP contribution in [0.5, 0.6) is 0 Å². The molecule has 1 aliphatic rings. The third-order valence-corrected chi connectivity index (χ3v) is 5.58. The van der Waals surface area contributed by atoms with Crippen molar-refractivity contribution in [3.8, 4) is 0 Å². The van der Waals surface area contributed by atoms with Crippen molar-refractivity contribution in [3.05, 3.63) is 75.6 Å². The lowest BCUT2D eigenvalue weighted by atomic mass is 9.95. The van der Waals surface area contributed by atoms with Crippen molar-refractivity contribution in [2.45, 2.75) is 19.9 Å². The van der Waals surface area contributed by atoms with E-state index >= 15 is 0 Å². The van der Waals surface area contributed by atoms with Crippen molar-refractivity contribution < 1.29 is 24.5 Å². The maximum Gasteiger partial charge on any atom is 0.295 e. The lowest BCUT2D eigenvalue weighted by Crippen LogP contribution is -3.12. The fourth-order valence-corrected chi connectivity index (χ4v) is 3.80. The molecule has 0 aliphatic carbocycles. The molecular weight excluding hydrogens is 400 g/mol. The first-order valence-electron chi connectivity index (χ1n) is 10.1. The molecule has 1 aromatic heterocycles. The topological polar surface area (TPSA) is 121 Å². The summed E-state index contributed by atoms with van der Waals surface area (Å²) in [5, 5.41) is 24.5. The molecule has 0 saturated carbocycles. The molecule has 31 heavy (non-hydrogen) atoms. The fraction of sp³-hybridized carbons (Fsp3) is 0.318. The Morgan fingerprint density at radius 3 is 2.45 bits per heavy atom. The first-order chi connectivity index (χ1) is 14.9. The van der Waals surface area contributed by atoms with Crippen LogP contribution in [0.2, 0.25) is 0 Å². The van der Waals surface area contributed by atoms with Crippen LogP contribution in [0.4, 0.5) is 5.69 Å². The lowest BCUT2D eigenvalue weighted by Gasteiger charge is -2.28. The van der Waals surface area contributed by atoms with Gasteiger partial charge >= 0.3 is 0 Å². The second kappa shape index (κ2) is 9.48. The van der Waals surface area contributed by atoms with E-state index in [1.165, 1.54) is 52.5 Å². The Morgan fingerprint density at radius 2 is 1.84 bits per heavy atom. The number of aromatic nitrogens is 1. The number of nitro groups is 1. The fourth-order valence-electron chi connectivity index (χ4n) is 3.80. The van der Waals surface area contributed by atoms with E-state index in [9.17, 15) is 24.8 Å². The van der Waals surface area contributed by atoms with E-state index in [1.807, 2.05) is 13.8 Å². The van der Waals surface area contributed by atoms with Crippen molar-refractivity contribution in [2.24, 2.45) is 0 Å². The van der Waals surface area contributed by atoms with Gasteiger partial charge in [0, 0.05) is 30.1 Å². The number of carbonyl (C=O) groups is 2. The van der Waals surface area contributed by atoms with E-state index in [-0.39, 0.29) is 23.4 Å². The monoisotopic (exact) mass is 424 g/mol. The predicted molar refractivity (Wildman–Crippen MR) is 111 cm³/mol. The molecule has 2 heterocycles. The molecule has 1 fully saturated rings. The number of hydrogen-bond acceptors (Lipinski definition) is 6. The number of likely N-dealkylation sites (tertiary alicyclic amines) is 1. The molecule has 9 nitrogen and oxygen atoms in total. The number of rotatable bonds is 8. The van der Waals surface area contributed by atoms with E-state index in [0.29, 0.717) is 12.1 Å². The van der Waals surface area contributed by atoms with Gasteiger partial charge in [0.1, 0.15) is 0 Å². The molecule has 1 saturated heterocycles. The number of Topliss-reactive ketones (excluding diaryl/α,β-unsaturated/α-hetero) is 1. The van der Waals surface area contributed by atoms with Gasteiger partial charge in [0.25, 0.3) is 11.6 Å². The van der Waals surface area contributed by atoms with Crippen molar-refractivity contribution >= 4 is 23.1 Å². The summed E-state index contributed by atoms with van der Waals surface area (Å²) in [6, 6.07) is 7.70. The maximum absolute atomic E-state index is 13.2. The molecule has 0 spiro atoms. The first kappa shape index (κ1) is 22.1. The molecule has 1 unspecified atom stereocenters. The highest BCUT2D eigenvalue weighted by molar-refractivity contribution is 6.46. The minimum atomic E-state index is -0.976. The Hall–Kier alpha value is -3.59. The Kier molecular flexibility index (Phi) is 6.76. The van der Waals surface area contributed by atoms with Crippen molar-refractivity contribution in [1.82, 2.24) is 9.88 Å². The van der Waals surface area contributed by atoms with Crippen molar-refractivity contribution in [3.63, 3.8) is 0 Å². The average Bonchev–Trinajstić information content (AvgIpc) is 3.05. The van der Waals surface area contributed by atoms with Gasteiger partial charge in [-0.1, -0.05) is 17.9 Å². The van der Waals surface area contributed by atoms with Crippen LogP contribution < -0.4 is 10.0 Å². The number of amides is 1. The minimum Gasteiger partial charge on any atom is -0.872 e. The summed E-state index contributed by atoms with van der Waals surface area (Å²) in [5.74, 6) is -2.21. The minimum absolute atomic E-state index is 0.172. The number of benzene rings is 1. The molecule has 1 atom stereocenters. The van der Waals surface area contributed by atoms with Gasteiger partial charge in [-0.25, -0.2) is 0 Å². The highest BCUT2D eigenvalue weighted by atomic mass is 16.6. The maximum atomic E-state index is 13.2. The Morgan fingerprint density at radius 1 is 1.16 bits per heavy atom. The summed E-state index contributed by atoms with van der Waals surface area (Å²) in [6.45, 7) is 6.59. The first-order valence-corrected chi connectivity index (χ1v) is 10.1. The molecule has 2 aromatic rings. The number of nitrogens with one attached hydrogen (secondary N) is 1. The third-order valence-electron chi connectivity index (χ3n) is 5.58. The van der Waals surface area contributed by atoms with Gasteiger partial charge in [-0.15, -0.1) is 0 Å². The second-order valence-corrected chi connectivity index (χ2v) is 7.27.